The van der Waals surface area contributed by atoms with Crippen molar-refractivity contribution in [2.75, 3.05) is 7.11 Å². The summed E-state index contributed by atoms with van der Waals surface area (Å²) in [5, 5.41) is 0. The van der Waals surface area contributed by atoms with Crippen molar-refractivity contribution in [3.05, 3.63) is 0 Å². The summed E-state index contributed by atoms with van der Waals surface area (Å²) in [7, 11) is 1.86. The van der Waals surface area contributed by atoms with Crippen molar-refractivity contribution in [3.63, 3.8) is 0 Å². The summed E-state index contributed by atoms with van der Waals surface area (Å²) in [5.41, 5.74) is 0.208. The van der Waals surface area contributed by atoms with Crippen LogP contribution in [0.4, 0.5) is 0 Å². The molecule has 1 aliphatic rings. The van der Waals surface area contributed by atoms with E-state index in [1.807, 2.05) is 7.11 Å². The second-order valence-corrected chi connectivity index (χ2v) is 4.27. The van der Waals surface area contributed by atoms with Crippen LogP contribution in [0.5, 0.6) is 0 Å². The highest BCUT2D eigenvalue weighted by Gasteiger charge is 2.39. The van der Waals surface area contributed by atoms with Crippen LogP contribution in [-0.4, -0.2) is 12.7 Å². The second kappa shape index (κ2) is 3.14. The van der Waals surface area contributed by atoms with Crippen molar-refractivity contribution < 1.29 is 4.74 Å². The molecule has 1 fully saturated rings. The third-order valence-corrected chi connectivity index (χ3v) is 3.21. The molecule has 1 heteroatoms. The minimum absolute atomic E-state index is 0.208. The van der Waals surface area contributed by atoms with E-state index in [2.05, 4.69) is 20.8 Å². The number of rotatable bonds is 2. The summed E-state index contributed by atoms with van der Waals surface area (Å²) in [6.45, 7) is 6.85. The van der Waals surface area contributed by atoms with E-state index in [1.165, 1.54) is 19.3 Å². The van der Waals surface area contributed by atoms with Gasteiger partial charge in [-0.15, -0.1) is 0 Å². The Morgan fingerprint density at radius 2 is 2.09 bits per heavy atom. The molecule has 1 saturated carbocycles. The summed E-state index contributed by atoms with van der Waals surface area (Å²) in [6, 6.07) is 0. The van der Waals surface area contributed by atoms with Gasteiger partial charge in [0, 0.05) is 7.11 Å². The molecule has 0 spiro atoms. The van der Waals surface area contributed by atoms with Crippen LogP contribution in [0, 0.1) is 11.8 Å². The molecule has 0 bridgehead atoms. The summed E-state index contributed by atoms with van der Waals surface area (Å²) >= 11 is 0. The van der Waals surface area contributed by atoms with Crippen molar-refractivity contribution in [1.82, 2.24) is 0 Å². The smallest absolute Gasteiger partial charge is 0.0704 e. The molecule has 1 rings (SSSR count). The quantitative estimate of drug-likeness (QED) is 0.597. The highest BCUT2D eigenvalue weighted by Crippen LogP contribution is 2.41. The molecule has 0 aliphatic heterocycles. The number of hydrogen-bond donors (Lipinski definition) is 0. The lowest BCUT2D eigenvalue weighted by atomic mass is 9.88. The Kier molecular flexibility index (Phi) is 2.58. The highest BCUT2D eigenvalue weighted by atomic mass is 16.5. The van der Waals surface area contributed by atoms with E-state index in [0.717, 1.165) is 5.92 Å². The zero-order valence-corrected chi connectivity index (χ0v) is 8.18. The Labute approximate surface area is 70.1 Å². The van der Waals surface area contributed by atoms with E-state index in [-0.39, 0.29) is 5.60 Å². The van der Waals surface area contributed by atoms with Crippen molar-refractivity contribution in [3.8, 4) is 0 Å². The Balaban J connectivity index is 2.62. The van der Waals surface area contributed by atoms with Crippen LogP contribution in [0.2, 0.25) is 0 Å². The van der Waals surface area contributed by atoms with Crippen LogP contribution in [0.25, 0.3) is 0 Å². The maximum absolute atomic E-state index is 5.63. The van der Waals surface area contributed by atoms with Crippen molar-refractivity contribution >= 4 is 0 Å². The van der Waals surface area contributed by atoms with Crippen LogP contribution < -0.4 is 0 Å². The summed E-state index contributed by atoms with van der Waals surface area (Å²) in [4.78, 5) is 0. The molecule has 1 nitrogen and oxygen atoms in total. The van der Waals surface area contributed by atoms with Crippen LogP contribution in [-0.2, 0) is 4.74 Å². The Hall–Kier alpha value is -0.0400. The van der Waals surface area contributed by atoms with E-state index in [9.17, 15) is 0 Å². The van der Waals surface area contributed by atoms with Crippen molar-refractivity contribution in [2.45, 2.75) is 45.6 Å². The summed E-state index contributed by atoms with van der Waals surface area (Å²) < 4.78 is 5.63. The Morgan fingerprint density at radius 1 is 1.45 bits per heavy atom. The predicted molar refractivity (Wildman–Crippen MR) is 47.6 cm³/mol. The van der Waals surface area contributed by atoms with Crippen LogP contribution in [0.1, 0.15) is 40.0 Å². The maximum atomic E-state index is 5.63. The van der Waals surface area contributed by atoms with Gasteiger partial charge in [0.05, 0.1) is 5.60 Å². The predicted octanol–water partition coefficient (Wildman–Crippen LogP) is 2.85. The maximum Gasteiger partial charge on any atom is 0.0704 e. The fraction of sp³-hybridized carbons (Fsp3) is 1.00. The van der Waals surface area contributed by atoms with Gasteiger partial charge in [-0.3, -0.25) is 0 Å². The van der Waals surface area contributed by atoms with E-state index in [1.54, 1.807) is 0 Å². The average Bonchev–Trinajstić information content (AvgIpc) is 2.33. The molecular weight excluding hydrogens is 136 g/mol. The summed E-state index contributed by atoms with van der Waals surface area (Å²) in [5.74, 6) is 1.52. The molecular formula is C10H20O. The van der Waals surface area contributed by atoms with Gasteiger partial charge >= 0.3 is 0 Å². The van der Waals surface area contributed by atoms with E-state index in [0.29, 0.717) is 5.92 Å². The molecule has 0 amide bonds. The molecule has 0 aromatic heterocycles. The molecule has 0 N–H and O–H groups in total. The van der Waals surface area contributed by atoms with Gasteiger partial charge in [0.15, 0.2) is 0 Å². The lowest BCUT2D eigenvalue weighted by Crippen LogP contribution is -2.34. The minimum atomic E-state index is 0.208. The first-order chi connectivity index (χ1) is 5.10. The summed E-state index contributed by atoms with van der Waals surface area (Å²) in [6.07, 6.45) is 3.84. The zero-order chi connectivity index (χ0) is 8.48. The topological polar surface area (TPSA) is 9.23 Å². The van der Waals surface area contributed by atoms with Crippen LogP contribution >= 0.6 is 0 Å². The standard InChI is InChI=1S/C10H20O/c1-8(2)10(11-4)6-5-9(3)7-10/h8-9H,5-7H2,1-4H3. The van der Waals surface area contributed by atoms with Gasteiger partial charge in [0.25, 0.3) is 0 Å². The fourth-order valence-electron chi connectivity index (χ4n) is 2.23. The van der Waals surface area contributed by atoms with Crippen molar-refractivity contribution in [1.29, 1.82) is 0 Å². The first-order valence-corrected chi connectivity index (χ1v) is 4.66. The molecule has 0 aromatic rings. The van der Waals surface area contributed by atoms with Gasteiger partial charge < -0.3 is 4.74 Å². The first kappa shape index (κ1) is 9.05. The third-order valence-electron chi connectivity index (χ3n) is 3.21. The molecule has 0 radical (unpaired) electrons. The average molecular weight is 156 g/mol. The molecule has 0 heterocycles. The monoisotopic (exact) mass is 156 g/mol. The van der Waals surface area contributed by atoms with Crippen molar-refractivity contribution in [2.24, 2.45) is 11.8 Å². The van der Waals surface area contributed by atoms with E-state index >= 15 is 0 Å². The lowest BCUT2D eigenvalue weighted by Gasteiger charge is -2.32. The normalized spacial score (nSPS) is 38.5. The molecule has 66 valence electrons. The molecule has 0 aromatic carbocycles. The zero-order valence-electron chi connectivity index (χ0n) is 8.18. The van der Waals surface area contributed by atoms with E-state index in [4.69, 9.17) is 4.74 Å². The van der Waals surface area contributed by atoms with Crippen LogP contribution in [0.3, 0.4) is 0 Å². The largest absolute Gasteiger partial charge is 0.378 e. The molecule has 11 heavy (non-hydrogen) atoms. The third kappa shape index (κ3) is 1.58. The van der Waals surface area contributed by atoms with Gasteiger partial charge in [-0.25, -0.2) is 0 Å². The van der Waals surface area contributed by atoms with Gasteiger partial charge in [0.1, 0.15) is 0 Å². The Bertz CT molecular complexity index is 131. The van der Waals surface area contributed by atoms with Crippen LogP contribution in [0.15, 0.2) is 0 Å². The Morgan fingerprint density at radius 3 is 2.27 bits per heavy atom. The van der Waals surface area contributed by atoms with Gasteiger partial charge in [-0.1, -0.05) is 20.8 Å². The SMILES string of the molecule is COC1(C(C)C)CCC(C)C1. The number of methoxy groups -OCH3 is 1. The fourth-order valence-corrected chi connectivity index (χ4v) is 2.23. The molecule has 0 saturated heterocycles. The number of hydrogen-bond acceptors (Lipinski definition) is 1. The van der Waals surface area contributed by atoms with Gasteiger partial charge in [0.2, 0.25) is 0 Å². The van der Waals surface area contributed by atoms with Gasteiger partial charge in [-0.2, -0.15) is 0 Å². The first-order valence-electron chi connectivity index (χ1n) is 4.66. The second-order valence-electron chi connectivity index (χ2n) is 4.27. The van der Waals surface area contributed by atoms with Gasteiger partial charge in [-0.05, 0) is 31.1 Å². The lowest BCUT2D eigenvalue weighted by molar-refractivity contribution is -0.0443. The van der Waals surface area contributed by atoms with E-state index < -0.39 is 0 Å². The molecule has 2 atom stereocenters. The molecule has 2 unspecified atom stereocenters. The minimum Gasteiger partial charge on any atom is -0.378 e. The number of ether oxygens (including phenoxy) is 1. The highest BCUT2D eigenvalue weighted by molar-refractivity contribution is 4.91. The molecule has 1 aliphatic carbocycles.